The second kappa shape index (κ2) is 9.22. The molecule has 4 aromatic rings. The molecule has 35 heavy (non-hydrogen) atoms. The molecule has 2 amide bonds. The van der Waals surface area contributed by atoms with Gasteiger partial charge in [-0.25, -0.2) is 0 Å². The standard InChI is InChI=1S/C29H28N4O2/c1-21-13-15-23(16-14-21)19-32-27(34)26-17-25(24-11-7-4-8-12-24)31-33(26)20-29(32,2)28(35)30-18-22-9-5-3-6-10-22/h3-17H,18-20H2,1-2H3,(H,30,35). The minimum absolute atomic E-state index is 0.204. The van der Waals surface area contributed by atoms with Crippen LogP contribution >= 0.6 is 0 Å². The second-order valence-electron chi connectivity index (χ2n) is 9.26. The van der Waals surface area contributed by atoms with E-state index >= 15 is 0 Å². The molecule has 0 spiro atoms. The van der Waals surface area contributed by atoms with E-state index in [1.807, 2.05) is 105 Å². The number of aromatic nitrogens is 2. The predicted octanol–water partition coefficient (Wildman–Crippen LogP) is 4.59. The van der Waals surface area contributed by atoms with Crippen molar-refractivity contribution in [3.63, 3.8) is 0 Å². The highest BCUT2D eigenvalue weighted by atomic mass is 16.2. The summed E-state index contributed by atoms with van der Waals surface area (Å²) >= 11 is 0. The molecule has 0 saturated heterocycles. The van der Waals surface area contributed by atoms with Gasteiger partial charge in [0.05, 0.1) is 12.2 Å². The monoisotopic (exact) mass is 464 g/mol. The van der Waals surface area contributed by atoms with Gasteiger partial charge >= 0.3 is 0 Å². The van der Waals surface area contributed by atoms with E-state index in [2.05, 4.69) is 5.32 Å². The number of rotatable bonds is 6. The highest BCUT2D eigenvalue weighted by Gasteiger charge is 2.47. The third-order valence-corrected chi connectivity index (χ3v) is 6.61. The van der Waals surface area contributed by atoms with Gasteiger partial charge < -0.3 is 10.2 Å². The first-order chi connectivity index (χ1) is 16.9. The second-order valence-corrected chi connectivity index (χ2v) is 9.26. The van der Waals surface area contributed by atoms with Crippen molar-refractivity contribution in [1.29, 1.82) is 0 Å². The van der Waals surface area contributed by atoms with Crippen molar-refractivity contribution in [2.24, 2.45) is 0 Å². The Morgan fingerprint density at radius 1 is 0.943 bits per heavy atom. The Hall–Kier alpha value is -4.19. The largest absolute Gasteiger partial charge is 0.350 e. The number of carbonyl (C=O) groups is 2. The molecule has 0 fully saturated rings. The summed E-state index contributed by atoms with van der Waals surface area (Å²) in [4.78, 5) is 29.1. The van der Waals surface area contributed by atoms with E-state index in [1.54, 1.807) is 9.58 Å². The minimum atomic E-state index is -1.11. The Balaban J connectivity index is 1.49. The molecule has 2 heterocycles. The summed E-state index contributed by atoms with van der Waals surface area (Å²) < 4.78 is 1.68. The van der Waals surface area contributed by atoms with Crippen LogP contribution in [0.3, 0.4) is 0 Å². The molecule has 1 atom stereocenters. The van der Waals surface area contributed by atoms with Gasteiger partial charge in [-0.15, -0.1) is 0 Å². The number of hydrogen-bond donors (Lipinski definition) is 1. The highest BCUT2D eigenvalue weighted by molar-refractivity contribution is 6.00. The van der Waals surface area contributed by atoms with Gasteiger partial charge in [-0.3, -0.25) is 14.3 Å². The lowest BCUT2D eigenvalue weighted by atomic mass is 9.93. The molecule has 6 nitrogen and oxygen atoms in total. The Labute approximate surface area is 205 Å². The zero-order valence-electron chi connectivity index (χ0n) is 19.9. The molecule has 1 aliphatic rings. The van der Waals surface area contributed by atoms with Crippen molar-refractivity contribution in [2.75, 3.05) is 0 Å². The lowest BCUT2D eigenvalue weighted by molar-refractivity contribution is -0.133. The van der Waals surface area contributed by atoms with E-state index in [0.717, 1.165) is 27.9 Å². The van der Waals surface area contributed by atoms with Crippen molar-refractivity contribution in [2.45, 2.75) is 39.0 Å². The van der Waals surface area contributed by atoms with E-state index < -0.39 is 5.54 Å². The zero-order chi connectivity index (χ0) is 24.4. The van der Waals surface area contributed by atoms with E-state index in [0.29, 0.717) is 18.8 Å². The molecule has 5 rings (SSSR count). The summed E-state index contributed by atoms with van der Waals surface area (Å²) in [6.45, 7) is 4.85. The van der Waals surface area contributed by atoms with Crippen LogP contribution in [0.2, 0.25) is 0 Å². The molecule has 1 N–H and O–H groups in total. The van der Waals surface area contributed by atoms with Crippen LogP contribution in [-0.2, 0) is 24.4 Å². The molecular formula is C29H28N4O2. The van der Waals surface area contributed by atoms with Crippen molar-refractivity contribution in [1.82, 2.24) is 20.0 Å². The molecule has 176 valence electrons. The van der Waals surface area contributed by atoms with Gasteiger partial charge in [0, 0.05) is 18.7 Å². The van der Waals surface area contributed by atoms with Gasteiger partial charge in [0.1, 0.15) is 11.2 Å². The van der Waals surface area contributed by atoms with Crippen molar-refractivity contribution in [3.05, 3.63) is 113 Å². The van der Waals surface area contributed by atoms with E-state index in [1.165, 1.54) is 0 Å². The minimum Gasteiger partial charge on any atom is -0.350 e. The van der Waals surface area contributed by atoms with E-state index in [9.17, 15) is 9.59 Å². The van der Waals surface area contributed by atoms with Gasteiger partial charge in [0.15, 0.2) is 0 Å². The molecule has 0 aliphatic carbocycles. The Bertz CT molecular complexity index is 1350. The summed E-state index contributed by atoms with van der Waals surface area (Å²) in [7, 11) is 0. The maximum atomic E-state index is 13.8. The van der Waals surface area contributed by atoms with Crippen LogP contribution in [0.15, 0.2) is 91.0 Å². The summed E-state index contributed by atoms with van der Waals surface area (Å²) in [5.74, 6) is -0.409. The number of amides is 2. The predicted molar refractivity (Wildman–Crippen MR) is 135 cm³/mol. The lowest BCUT2D eigenvalue weighted by Gasteiger charge is -2.43. The van der Waals surface area contributed by atoms with Gasteiger partial charge in [-0.1, -0.05) is 90.5 Å². The first-order valence-corrected chi connectivity index (χ1v) is 11.8. The first-order valence-electron chi connectivity index (χ1n) is 11.8. The average molecular weight is 465 g/mol. The Morgan fingerprint density at radius 3 is 2.29 bits per heavy atom. The van der Waals surface area contributed by atoms with E-state index in [-0.39, 0.29) is 18.4 Å². The molecule has 0 radical (unpaired) electrons. The van der Waals surface area contributed by atoms with Crippen molar-refractivity contribution >= 4 is 11.8 Å². The molecule has 6 heteroatoms. The zero-order valence-corrected chi connectivity index (χ0v) is 19.9. The SMILES string of the molecule is Cc1ccc(CN2C(=O)c3cc(-c4ccccc4)nn3CC2(C)C(=O)NCc2ccccc2)cc1. The summed E-state index contributed by atoms with van der Waals surface area (Å²) in [5, 5.41) is 7.76. The Kier molecular flexibility index (Phi) is 5.95. The quantitative estimate of drug-likeness (QED) is 0.454. The number of hydrogen-bond acceptors (Lipinski definition) is 3. The Morgan fingerprint density at radius 2 is 1.60 bits per heavy atom. The normalized spacial score (nSPS) is 17.2. The molecule has 1 aliphatic heterocycles. The van der Waals surface area contributed by atoms with Gasteiger partial charge in [0.25, 0.3) is 5.91 Å². The third-order valence-electron chi connectivity index (χ3n) is 6.61. The maximum absolute atomic E-state index is 13.8. The molecule has 1 unspecified atom stereocenters. The van der Waals surface area contributed by atoms with Crippen LogP contribution in [-0.4, -0.2) is 32.0 Å². The van der Waals surface area contributed by atoms with Crippen LogP contribution < -0.4 is 5.32 Å². The number of nitrogens with one attached hydrogen (secondary N) is 1. The smallest absolute Gasteiger partial charge is 0.273 e. The lowest BCUT2D eigenvalue weighted by Crippen LogP contribution is -2.63. The van der Waals surface area contributed by atoms with Crippen LogP contribution in [0.1, 0.15) is 34.1 Å². The van der Waals surface area contributed by atoms with Crippen LogP contribution in [0.25, 0.3) is 11.3 Å². The van der Waals surface area contributed by atoms with Gasteiger partial charge in [-0.2, -0.15) is 5.10 Å². The number of benzene rings is 3. The molecule has 0 bridgehead atoms. The third kappa shape index (κ3) is 4.47. The molecule has 3 aromatic carbocycles. The fraction of sp³-hybridized carbons (Fsp3) is 0.207. The van der Waals surface area contributed by atoms with E-state index in [4.69, 9.17) is 5.10 Å². The highest BCUT2D eigenvalue weighted by Crippen LogP contribution is 2.31. The van der Waals surface area contributed by atoms with Crippen LogP contribution in [0, 0.1) is 6.92 Å². The van der Waals surface area contributed by atoms with Crippen LogP contribution in [0.4, 0.5) is 0 Å². The summed E-state index contributed by atoms with van der Waals surface area (Å²) in [6, 6.07) is 29.4. The summed E-state index contributed by atoms with van der Waals surface area (Å²) in [6.07, 6.45) is 0. The fourth-order valence-corrected chi connectivity index (χ4v) is 4.48. The topological polar surface area (TPSA) is 67.2 Å². The fourth-order valence-electron chi connectivity index (χ4n) is 4.48. The maximum Gasteiger partial charge on any atom is 0.273 e. The number of carbonyl (C=O) groups excluding carboxylic acids is 2. The molecular weight excluding hydrogens is 436 g/mol. The number of nitrogens with zero attached hydrogens (tertiary/aromatic N) is 3. The number of fused-ring (bicyclic) bond motifs is 1. The molecule has 1 aromatic heterocycles. The molecule has 0 saturated carbocycles. The first kappa shape index (κ1) is 22.6. The van der Waals surface area contributed by atoms with Gasteiger partial charge in [-0.05, 0) is 31.0 Å². The van der Waals surface area contributed by atoms with Crippen molar-refractivity contribution in [3.8, 4) is 11.3 Å². The van der Waals surface area contributed by atoms with Crippen LogP contribution in [0.5, 0.6) is 0 Å². The van der Waals surface area contributed by atoms with Gasteiger partial charge in [0.2, 0.25) is 5.91 Å². The average Bonchev–Trinajstić information content (AvgIpc) is 3.31. The number of aryl methyl sites for hydroxylation is 1. The van der Waals surface area contributed by atoms with Crippen molar-refractivity contribution < 1.29 is 9.59 Å². The summed E-state index contributed by atoms with van der Waals surface area (Å²) in [5.41, 5.74) is 4.16.